The third-order valence-corrected chi connectivity index (χ3v) is 4.78. The lowest BCUT2D eigenvalue weighted by Crippen LogP contribution is -2.55. The lowest BCUT2D eigenvalue weighted by molar-refractivity contribution is -0.172. The Morgan fingerprint density at radius 1 is 1.23 bits per heavy atom. The van der Waals surface area contributed by atoms with Gasteiger partial charge in [-0.05, 0) is 25.7 Å². The maximum atomic E-state index is 13.3. The Kier molecular flexibility index (Phi) is 4.78. The molecule has 1 unspecified atom stereocenters. The van der Waals surface area contributed by atoms with E-state index in [0.717, 1.165) is 0 Å². The van der Waals surface area contributed by atoms with E-state index in [2.05, 4.69) is 20.0 Å². The summed E-state index contributed by atoms with van der Waals surface area (Å²) in [6.45, 7) is -2.86. The summed E-state index contributed by atoms with van der Waals surface area (Å²) in [5.41, 5.74) is 10.6. The molecule has 3 rings (SSSR count). The molecule has 1 aliphatic heterocycles. The quantitative estimate of drug-likeness (QED) is 0.702. The van der Waals surface area contributed by atoms with E-state index in [9.17, 15) is 22.0 Å². The van der Waals surface area contributed by atoms with Gasteiger partial charge in [-0.15, -0.1) is 0 Å². The molecule has 1 aliphatic carbocycles. The van der Waals surface area contributed by atoms with E-state index in [0.29, 0.717) is 31.9 Å². The number of nitrogens with two attached hydrogens (primary N) is 2. The molecule has 1 atom stereocenters. The number of ether oxygens (including phenoxy) is 1. The minimum atomic E-state index is -4.65. The predicted molar refractivity (Wildman–Crippen MR) is 84.6 cm³/mol. The van der Waals surface area contributed by atoms with Crippen LogP contribution < -0.4 is 16.8 Å². The van der Waals surface area contributed by atoms with Gasteiger partial charge in [0.05, 0.1) is 22.9 Å². The number of rotatable bonds is 3. The van der Waals surface area contributed by atoms with Crippen LogP contribution in [0, 0.1) is 5.92 Å². The fraction of sp³-hybridized carbons (Fsp3) is 0.600. The van der Waals surface area contributed by atoms with Gasteiger partial charge in [-0.2, -0.15) is 22.0 Å². The molecule has 1 aromatic heterocycles. The minimum Gasteiger partial charge on any atom is -0.383 e. The van der Waals surface area contributed by atoms with Crippen molar-refractivity contribution in [2.75, 3.05) is 11.1 Å². The Hall–Kier alpha value is -2.01. The lowest BCUT2D eigenvalue weighted by Gasteiger charge is -2.41. The van der Waals surface area contributed by atoms with Gasteiger partial charge < -0.3 is 15.8 Å². The van der Waals surface area contributed by atoms with Gasteiger partial charge in [0.25, 0.3) is 0 Å². The Balaban J connectivity index is 1.83. The number of nitrogen functional groups attached to an aromatic ring is 1. The first kappa shape index (κ1) is 18.8. The van der Waals surface area contributed by atoms with Crippen LogP contribution >= 0.6 is 0 Å². The molecule has 0 aromatic carbocycles. The second kappa shape index (κ2) is 6.62. The van der Waals surface area contributed by atoms with Crippen molar-refractivity contribution in [3.05, 3.63) is 17.3 Å². The van der Waals surface area contributed by atoms with E-state index in [4.69, 9.17) is 11.5 Å². The zero-order valence-electron chi connectivity index (χ0n) is 13.6. The van der Waals surface area contributed by atoms with Crippen LogP contribution in [0.5, 0.6) is 0 Å². The zero-order valence-corrected chi connectivity index (χ0v) is 13.6. The number of pyridine rings is 1. The first-order valence-corrected chi connectivity index (χ1v) is 8.01. The molecule has 0 amide bonds. The van der Waals surface area contributed by atoms with Crippen molar-refractivity contribution in [3.8, 4) is 0 Å². The minimum absolute atomic E-state index is 0.0237. The van der Waals surface area contributed by atoms with Gasteiger partial charge >= 0.3 is 12.8 Å². The largest absolute Gasteiger partial charge is 0.419 e. The fourth-order valence-electron chi connectivity index (χ4n) is 3.42. The molecule has 0 spiro atoms. The molecular formula is C15H18F5N5O. The average Bonchev–Trinajstić information content (AvgIpc) is 2.53. The first-order valence-electron chi connectivity index (χ1n) is 8.01. The lowest BCUT2D eigenvalue weighted by atomic mass is 9.82. The topological polar surface area (TPSA) is 98.5 Å². The smallest absolute Gasteiger partial charge is 0.383 e. The SMILES string of the molecule is Nc1ncc(C(F)(F)F)c2c1C=NC(N)(C1CCC(OC(F)F)CC1)N2. The normalized spacial score (nSPS) is 28.7. The van der Waals surface area contributed by atoms with Crippen LogP contribution in [0.3, 0.4) is 0 Å². The second-order valence-electron chi connectivity index (χ2n) is 6.42. The number of alkyl halides is 5. The van der Waals surface area contributed by atoms with Crippen molar-refractivity contribution >= 4 is 17.7 Å². The molecular weight excluding hydrogens is 361 g/mol. The highest BCUT2D eigenvalue weighted by Gasteiger charge is 2.43. The summed E-state index contributed by atoms with van der Waals surface area (Å²) in [5, 5.41) is 2.67. The van der Waals surface area contributed by atoms with Gasteiger partial charge in [-0.1, -0.05) is 0 Å². The summed E-state index contributed by atoms with van der Waals surface area (Å²) in [7, 11) is 0. The van der Waals surface area contributed by atoms with Crippen LogP contribution in [0.25, 0.3) is 0 Å². The molecule has 5 N–H and O–H groups in total. The van der Waals surface area contributed by atoms with Gasteiger partial charge in [0.15, 0.2) is 5.79 Å². The first-order chi connectivity index (χ1) is 12.1. The molecule has 26 heavy (non-hydrogen) atoms. The number of halogens is 5. The number of fused-ring (bicyclic) bond motifs is 1. The van der Waals surface area contributed by atoms with Crippen molar-refractivity contribution in [2.45, 2.75) is 50.4 Å². The highest BCUT2D eigenvalue weighted by Crippen LogP contribution is 2.42. The molecule has 2 heterocycles. The van der Waals surface area contributed by atoms with E-state index < -0.39 is 30.2 Å². The summed E-state index contributed by atoms with van der Waals surface area (Å²) in [6, 6.07) is 0. The van der Waals surface area contributed by atoms with E-state index in [1.165, 1.54) is 6.21 Å². The molecule has 0 radical (unpaired) electrons. The van der Waals surface area contributed by atoms with Crippen molar-refractivity contribution in [1.29, 1.82) is 0 Å². The van der Waals surface area contributed by atoms with Crippen molar-refractivity contribution in [3.63, 3.8) is 0 Å². The van der Waals surface area contributed by atoms with E-state index in [1.54, 1.807) is 0 Å². The van der Waals surface area contributed by atoms with Crippen molar-refractivity contribution in [1.82, 2.24) is 4.98 Å². The predicted octanol–water partition coefficient (Wildman–Crippen LogP) is 2.94. The molecule has 1 saturated carbocycles. The number of anilines is 2. The average molecular weight is 379 g/mol. The monoisotopic (exact) mass is 379 g/mol. The van der Waals surface area contributed by atoms with E-state index >= 15 is 0 Å². The number of aliphatic imine (C=N–C) groups is 1. The molecule has 144 valence electrons. The number of nitrogens with one attached hydrogen (secondary N) is 1. The Bertz CT molecular complexity index is 702. The van der Waals surface area contributed by atoms with Gasteiger partial charge in [-0.3, -0.25) is 5.73 Å². The second-order valence-corrected chi connectivity index (χ2v) is 6.42. The van der Waals surface area contributed by atoms with Crippen molar-refractivity contribution in [2.24, 2.45) is 16.6 Å². The number of aromatic nitrogens is 1. The maximum Gasteiger partial charge on any atom is 0.419 e. The summed E-state index contributed by atoms with van der Waals surface area (Å²) < 4.78 is 68.9. The van der Waals surface area contributed by atoms with Crippen LogP contribution in [0.2, 0.25) is 0 Å². The highest BCUT2D eigenvalue weighted by atomic mass is 19.4. The van der Waals surface area contributed by atoms with Crippen molar-refractivity contribution < 1.29 is 26.7 Å². The third kappa shape index (κ3) is 3.58. The van der Waals surface area contributed by atoms with Gasteiger partial charge in [-0.25, -0.2) is 9.98 Å². The zero-order chi connectivity index (χ0) is 19.1. The molecule has 0 saturated heterocycles. The maximum absolute atomic E-state index is 13.3. The molecule has 0 bridgehead atoms. The Labute approximate surface area is 145 Å². The van der Waals surface area contributed by atoms with Gasteiger partial charge in [0.2, 0.25) is 0 Å². The molecule has 1 fully saturated rings. The van der Waals surface area contributed by atoms with Crippen LogP contribution in [0.1, 0.15) is 36.8 Å². The van der Waals surface area contributed by atoms with E-state index in [1.807, 2.05) is 0 Å². The summed E-state index contributed by atoms with van der Waals surface area (Å²) >= 11 is 0. The molecule has 6 nitrogen and oxygen atoms in total. The summed E-state index contributed by atoms with van der Waals surface area (Å²) in [4.78, 5) is 7.72. The van der Waals surface area contributed by atoms with Crippen LogP contribution in [0.4, 0.5) is 33.5 Å². The van der Waals surface area contributed by atoms with Crippen LogP contribution in [-0.4, -0.2) is 29.7 Å². The Morgan fingerprint density at radius 2 is 1.88 bits per heavy atom. The standard InChI is InChI=1S/C15H18F5N5O/c16-13(17)26-8-3-1-7(2-4-8)15(22)24-5-9-11(25-15)10(14(18,19)20)6-23-12(9)21/h5-8,13,25H,1-4,22H2,(H2,21,23). The van der Waals surface area contributed by atoms with Crippen LogP contribution in [0.15, 0.2) is 11.2 Å². The molecule has 2 aliphatic rings. The highest BCUT2D eigenvalue weighted by molar-refractivity contribution is 5.96. The number of hydrogen-bond donors (Lipinski definition) is 3. The number of nitrogens with zero attached hydrogens (tertiary/aromatic N) is 2. The summed E-state index contributed by atoms with van der Waals surface area (Å²) in [5.74, 6) is -1.93. The van der Waals surface area contributed by atoms with Gasteiger partial charge in [0.1, 0.15) is 5.82 Å². The summed E-state index contributed by atoms with van der Waals surface area (Å²) in [6.07, 6.45) is -2.00. The van der Waals surface area contributed by atoms with Crippen LogP contribution in [-0.2, 0) is 10.9 Å². The Morgan fingerprint density at radius 3 is 2.46 bits per heavy atom. The van der Waals surface area contributed by atoms with Gasteiger partial charge in [0, 0.05) is 18.3 Å². The third-order valence-electron chi connectivity index (χ3n) is 4.78. The molecule has 1 aromatic rings. The van der Waals surface area contributed by atoms with E-state index in [-0.39, 0.29) is 23.0 Å². The fourth-order valence-corrected chi connectivity index (χ4v) is 3.42. The molecule has 11 heteroatoms. The number of hydrogen-bond acceptors (Lipinski definition) is 6.